The summed E-state index contributed by atoms with van der Waals surface area (Å²) in [6.45, 7) is 0. The number of hydrogen-bond donors (Lipinski definition) is 2. The summed E-state index contributed by atoms with van der Waals surface area (Å²) in [6, 6.07) is 9.78. The molecular weight excluding hydrogens is 335 g/mol. The Morgan fingerprint density at radius 1 is 1.00 bits per heavy atom. The minimum Gasteiger partial charge on any atom is -0.478 e. The Morgan fingerprint density at radius 3 is 2.09 bits per heavy atom. The van der Waals surface area contributed by atoms with Gasteiger partial charge in [0.05, 0.1) is 16.1 Å². The van der Waals surface area contributed by atoms with Crippen LogP contribution in [0.5, 0.6) is 0 Å². The van der Waals surface area contributed by atoms with Gasteiger partial charge >= 0.3 is 11.5 Å². The second-order valence-corrected chi connectivity index (χ2v) is 6.39. The minimum absolute atomic E-state index is 0.0283. The Bertz CT molecular complexity index is 830. The number of rotatable bonds is 4. The van der Waals surface area contributed by atoms with Gasteiger partial charge in [-0.3, -0.25) is 0 Å². The maximum Gasteiger partial charge on any atom is 0.501 e. The van der Waals surface area contributed by atoms with Gasteiger partial charge in [-0.05, 0) is 36.4 Å². The van der Waals surface area contributed by atoms with Gasteiger partial charge in [0.15, 0.2) is 0 Å². The van der Waals surface area contributed by atoms with E-state index in [0.717, 1.165) is 24.3 Å². The third kappa shape index (κ3) is 3.45. The molecule has 2 rings (SSSR count). The highest BCUT2D eigenvalue weighted by atomic mass is 32.2. The number of para-hydroxylation sites is 1. The van der Waals surface area contributed by atoms with Crippen molar-refractivity contribution in [2.75, 3.05) is 5.32 Å². The molecule has 0 saturated carbocycles. The van der Waals surface area contributed by atoms with E-state index in [9.17, 15) is 26.4 Å². The van der Waals surface area contributed by atoms with E-state index in [1.165, 1.54) is 18.2 Å². The molecule has 0 amide bonds. The van der Waals surface area contributed by atoms with Gasteiger partial charge in [-0.25, -0.2) is 13.2 Å². The SMILES string of the molecule is O=C(O)c1ccccc1Nc1ccc(S(=O)(=O)C(F)(F)F)cc1. The minimum atomic E-state index is -5.41. The third-order valence-corrected chi connectivity index (χ3v) is 4.41. The van der Waals surface area contributed by atoms with Crippen LogP contribution in [-0.2, 0) is 9.84 Å². The summed E-state index contributed by atoms with van der Waals surface area (Å²) < 4.78 is 59.8. The lowest BCUT2D eigenvalue weighted by molar-refractivity contribution is -0.0436. The largest absolute Gasteiger partial charge is 0.501 e. The fourth-order valence-corrected chi connectivity index (χ4v) is 2.55. The molecule has 5 nitrogen and oxygen atoms in total. The molecule has 0 spiro atoms. The fraction of sp³-hybridized carbons (Fsp3) is 0.0714. The summed E-state index contributed by atoms with van der Waals surface area (Å²) in [7, 11) is -5.41. The summed E-state index contributed by atoms with van der Waals surface area (Å²) in [4.78, 5) is 10.2. The molecule has 122 valence electrons. The number of anilines is 2. The summed E-state index contributed by atoms with van der Waals surface area (Å²) in [5.41, 5.74) is -4.93. The number of carboxylic acid groups (broad SMARTS) is 1. The standard InChI is InChI=1S/C14H10F3NO4S/c15-14(16,17)23(21,22)10-7-5-9(6-8-10)18-12-4-2-1-3-11(12)13(19)20/h1-8,18H,(H,19,20). The fourth-order valence-electron chi connectivity index (χ4n) is 1.79. The summed E-state index contributed by atoms with van der Waals surface area (Å²) in [5.74, 6) is -1.18. The highest BCUT2D eigenvalue weighted by Gasteiger charge is 2.46. The first kappa shape index (κ1) is 16.8. The first-order chi connectivity index (χ1) is 10.6. The molecule has 0 aliphatic rings. The molecule has 0 saturated heterocycles. The topological polar surface area (TPSA) is 83.5 Å². The maximum absolute atomic E-state index is 12.4. The van der Waals surface area contributed by atoms with Crippen molar-refractivity contribution in [1.29, 1.82) is 0 Å². The molecule has 9 heteroatoms. The summed E-state index contributed by atoms with van der Waals surface area (Å²) in [6.07, 6.45) is 0. The number of carbonyl (C=O) groups is 1. The van der Waals surface area contributed by atoms with E-state index in [1.807, 2.05) is 0 Å². The number of aromatic carboxylic acids is 1. The molecule has 2 aromatic carbocycles. The van der Waals surface area contributed by atoms with Crippen molar-refractivity contribution in [3.63, 3.8) is 0 Å². The van der Waals surface area contributed by atoms with Crippen LogP contribution in [0.4, 0.5) is 24.5 Å². The van der Waals surface area contributed by atoms with Crippen LogP contribution in [0.2, 0.25) is 0 Å². The lowest BCUT2D eigenvalue weighted by atomic mass is 10.1. The average molecular weight is 345 g/mol. The molecule has 0 unspecified atom stereocenters. The zero-order valence-corrected chi connectivity index (χ0v) is 12.1. The summed E-state index contributed by atoms with van der Waals surface area (Å²) in [5, 5.41) is 11.8. The molecule has 23 heavy (non-hydrogen) atoms. The van der Waals surface area contributed by atoms with Gasteiger partial charge in [-0.1, -0.05) is 12.1 Å². The Labute approximate surface area is 129 Å². The molecule has 0 aliphatic carbocycles. The van der Waals surface area contributed by atoms with Crippen molar-refractivity contribution in [2.45, 2.75) is 10.4 Å². The highest BCUT2D eigenvalue weighted by molar-refractivity contribution is 7.92. The molecule has 0 aromatic heterocycles. The van der Waals surface area contributed by atoms with Gasteiger partial charge in [0.25, 0.3) is 9.84 Å². The molecule has 2 aromatic rings. The predicted molar refractivity (Wildman–Crippen MR) is 76.4 cm³/mol. The maximum atomic E-state index is 12.4. The lowest BCUT2D eigenvalue weighted by Crippen LogP contribution is -2.23. The predicted octanol–water partition coefficient (Wildman–Crippen LogP) is 3.42. The van der Waals surface area contributed by atoms with Crippen LogP contribution in [0.15, 0.2) is 53.4 Å². The molecule has 0 heterocycles. The lowest BCUT2D eigenvalue weighted by Gasteiger charge is -2.11. The van der Waals surface area contributed by atoms with Gasteiger partial charge in [-0.2, -0.15) is 13.2 Å². The van der Waals surface area contributed by atoms with E-state index in [0.29, 0.717) is 0 Å². The van der Waals surface area contributed by atoms with Crippen LogP contribution >= 0.6 is 0 Å². The molecule has 0 atom stereocenters. The van der Waals surface area contributed by atoms with Crippen LogP contribution in [-0.4, -0.2) is 25.0 Å². The molecule has 0 aliphatic heterocycles. The van der Waals surface area contributed by atoms with Crippen LogP contribution in [0.25, 0.3) is 0 Å². The second kappa shape index (κ2) is 5.92. The first-order valence-corrected chi connectivity index (χ1v) is 7.62. The Morgan fingerprint density at radius 2 is 1.57 bits per heavy atom. The van der Waals surface area contributed by atoms with Crippen molar-refractivity contribution in [1.82, 2.24) is 0 Å². The smallest absolute Gasteiger partial charge is 0.478 e. The first-order valence-electron chi connectivity index (χ1n) is 6.13. The quantitative estimate of drug-likeness (QED) is 0.887. The number of halogens is 3. The molecular formula is C14H10F3NO4S. The van der Waals surface area contributed by atoms with E-state index in [4.69, 9.17) is 5.11 Å². The van der Waals surface area contributed by atoms with Crippen molar-refractivity contribution < 1.29 is 31.5 Å². The summed E-state index contributed by atoms with van der Waals surface area (Å²) >= 11 is 0. The van der Waals surface area contributed by atoms with Crippen molar-refractivity contribution >= 4 is 27.2 Å². The van der Waals surface area contributed by atoms with E-state index < -0.39 is 26.2 Å². The van der Waals surface area contributed by atoms with Crippen LogP contribution in [0, 0.1) is 0 Å². The number of carboxylic acids is 1. The van der Waals surface area contributed by atoms with Gasteiger partial charge in [0, 0.05) is 5.69 Å². The van der Waals surface area contributed by atoms with Gasteiger partial charge in [0.2, 0.25) is 0 Å². The van der Waals surface area contributed by atoms with E-state index in [2.05, 4.69) is 5.32 Å². The number of sulfone groups is 1. The number of hydrogen-bond acceptors (Lipinski definition) is 4. The molecule has 0 bridgehead atoms. The molecule has 0 fully saturated rings. The van der Waals surface area contributed by atoms with Crippen molar-refractivity contribution in [2.24, 2.45) is 0 Å². The van der Waals surface area contributed by atoms with Gasteiger partial charge in [0.1, 0.15) is 0 Å². The zero-order chi connectivity index (χ0) is 17.3. The van der Waals surface area contributed by atoms with Crippen LogP contribution in [0.1, 0.15) is 10.4 Å². The van der Waals surface area contributed by atoms with Crippen LogP contribution in [0.3, 0.4) is 0 Å². The van der Waals surface area contributed by atoms with Crippen LogP contribution < -0.4 is 5.32 Å². The number of alkyl halides is 3. The Balaban J connectivity index is 2.31. The Hall–Kier alpha value is -2.55. The van der Waals surface area contributed by atoms with E-state index in [-0.39, 0.29) is 16.9 Å². The van der Waals surface area contributed by atoms with Crippen molar-refractivity contribution in [3.8, 4) is 0 Å². The third-order valence-electron chi connectivity index (χ3n) is 2.91. The van der Waals surface area contributed by atoms with Gasteiger partial charge in [-0.15, -0.1) is 0 Å². The second-order valence-electron chi connectivity index (χ2n) is 4.45. The van der Waals surface area contributed by atoms with Crippen molar-refractivity contribution in [3.05, 3.63) is 54.1 Å². The average Bonchev–Trinajstić information content (AvgIpc) is 2.47. The molecule has 0 radical (unpaired) electrons. The Kier molecular flexibility index (Phi) is 4.33. The number of nitrogens with one attached hydrogen (secondary N) is 1. The van der Waals surface area contributed by atoms with E-state index in [1.54, 1.807) is 6.07 Å². The monoisotopic (exact) mass is 345 g/mol. The number of benzene rings is 2. The zero-order valence-electron chi connectivity index (χ0n) is 11.3. The molecule has 2 N–H and O–H groups in total. The van der Waals surface area contributed by atoms with Gasteiger partial charge < -0.3 is 10.4 Å². The highest BCUT2D eigenvalue weighted by Crippen LogP contribution is 2.31. The van der Waals surface area contributed by atoms with E-state index >= 15 is 0 Å². The normalized spacial score (nSPS) is 12.0.